The number of nitrogens with one attached hydrogen (secondary N) is 2. The second kappa shape index (κ2) is 8.29. The molecule has 81 valence electrons. The minimum atomic E-state index is -0.227. The Morgan fingerprint density at radius 2 is 2.06 bits per heavy atom. The molecule has 0 fully saturated rings. The van der Waals surface area contributed by atoms with Gasteiger partial charge in [0.05, 0.1) is 17.5 Å². The summed E-state index contributed by atoms with van der Waals surface area (Å²) in [6.45, 7) is 1.67. The van der Waals surface area contributed by atoms with Crippen molar-refractivity contribution in [3.8, 4) is 6.07 Å². The van der Waals surface area contributed by atoms with Crippen LogP contribution in [0.25, 0.3) is 0 Å². The quantitative estimate of drug-likeness (QED) is 0.803. The molecule has 1 amide bonds. The van der Waals surface area contributed by atoms with Crippen LogP contribution < -0.4 is 10.6 Å². The van der Waals surface area contributed by atoms with Crippen molar-refractivity contribution in [2.45, 2.75) is 6.54 Å². The van der Waals surface area contributed by atoms with Gasteiger partial charge in [-0.3, -0.25) is 6.54 Å². The van der Waals surface area contributed by atoms with Gasteiger partial charge in [0.15, 0.2) is 0 Å². The van der Waals surface area contributed by atoms with Gasteiger partial charge in [-0.15, -0.1) is 0 Å². The summed E-state index contributed by atoms with van der Waals surface area (Å²) in [5.41, 5.74) is 1.55. The predicted octanol–water partition coefficient (Wildman–Crippen LogP) is 0.715. The number of rotatable bonds is 4. The molecule has 1 aromatic rings. The molecule has 0 heterocycles. The summed E-state index contributed by atoms with van der Waals surface area (Å²) >= 11 is 0. The first-order valence-electron chi connectivity index (χ1n) is 4.39. The second-order valence-electron chi connectivity index (χ2n) is 2.87. The van der Waals surface area contributed by atoms with E-state index >= 15 is 0 Å². The van der Waals surface area contributed by atoms with Crippen LogP contribution in [0.15, 0.2) is 24.3 Å². The zero-order valence-electron chi connectivity index (χ0n) is 8.73. The number of benzene rings is 1. The van der Waals surface area contributed by atoms with Crippen LogP contribution in [0.1, 0.15) is 11.1 Å². The van der Waals surface area contributed by atoms with Crippen LogP contribution in [0.5, 0.6) is 0 Å². The van der Waals surface area contributed by atoms with Gasteiger partial charge in [0.1, 0.15) is 0 Å². The summed E-state index contributed by atoms with van der Waals surface area (Å²) in [5.74, 6) is -0.227. The summed E-state index contributed by atoms with van der Waals surface area (Å²) in [7, 11) is 3.30. The van der Waals surface area contributed by atoms with E-state index in [1.54, 1.807) is 24.3 Å². The maximum atomic E-state index is 11.0. The maximum Gasteiger partial charge on any atom is 0.0991 e. The fourth-order valence-corrected chi connectivity index (χ4v) is 1.03. The van der Waals surface area contributed by atoms with Crippen molar-refractivity contribution in [2.24, 2.45) is 0 Å². The number of carbonyl (C=O) groups excluding carboxylic acids is 1. The van der Waals surface area contributed by atoms with E-state index in [2.05, 4.69) is 17.7 Å². The Morgan fingerprint density at radius 1 is 1.44 bits per heavy atom. The van der Waals surface area contributed by atoms with E-state index in [1.807, 2.05) is 6.07 Å². The van der Waals surface area contributed by atoms with Gasteiger partial charge in [-0.2, -0.15) is 5.26 Å². The van der Waals surface area contributed by atoms with Gasteiger partial charge in [0.25, 0.3) is 0 Å². The van der Waals surface area contributed by atoms with Gasteiger partial charge >= 0.3 is 0 Å². The molecule has 0 aliphatic rings. The minimum Gasteiger partial charge on any atom is -0.600 e. The van der Waals surface area contributed by atoms with Gasteiger partial charge in [0.2, 0.25) is 0 Å². The van der Waals surface area contributed by atoms with Gasteiger partial charge < -0.3 is 22.5 Å². The number of hydrogen-bond acceptors (Lipinski definition) is 3. The monoisotopic (exact) mass is 290 g/mol. The van der Waals surface area contributed by atoms with Gasteiger partial charge in [0, 0.05) is 39.3 Å². The Hall–Kier alpha value is -0.886. The van der Waals surface area contributed by atoms with E-state index in [-0.39, 0.29) is 38.6 Å². The maximum absolute atomic E-state index is 11.0. The molecule has 1 aromatic carbocycles. The first-order chi connectivity index (χ1) is 7.26. The third kappa shape index (κ3) is 5.27. The topological polar surface area (TPSA) is 64.9 Å². The van der Waals surface area contributed by atoms with Crippen LogP contribution in [0, 0.1) is 24.9 Å². The summed E-state index contributed by atoms with van der Waals surface area (Å²) in [4.78, 5) is 11.0. The minimum absolute atomic E-state index is 0. The Bertz CT molecular complexity index is 370. The van der Waals surface area contributed by atoms with Gasteiger partial charge in [-0.25, -0.2) is 0 Å². The molecule has 0 saturated heterocycles. The first kappa shape index (κ1) is 15.1. The number of hydrogen-bond donors (Lipinski definition) is 2. The molecule has 0 aliphatic carbocycles. The number of amides is 1. The SMILES string of the molecule is [CH2-]N[CH-]C(=O)NCc1ccc(C#N)cc1.[Y]. The van der Waals surface area contributed by atoms with Gasteiger partial charge in [-0.05, 0) is 17.7 Å². The average Bonchev–Trinajstić information content (AvgIpc) is 2.27. The standard InChI is InChI=1S/C11H11N3O.Y/c1-13-8-11(15)14-7-10-4-2-9(6-12)3-5-10;/h2-5,8,13H,1,7H2,(H,14,15);/q-2;. The number of nitriles is 1. The van der Waals surface area contributed by atoms with E-state index in [9.17, 15) is 4.79 Å². The van der Waals surface area contributed by atoms with Crippen LogP contribution in [-0.4, -0.2) is 5.91 Å². The van der Waals surface area contributed by atoms with Crippen molar-refractivity contribution in [1.29, 1.82) is 5.26 Å². The van der Waals surface area contributed by atoms with Crippen molar-refractivity contribution in [1.82, 2.24) is 10.6 Å². The molecule has 16 heavy (non-hydrogen) atoms. The predicted molar refractivity (Wildman–Crippen MR) is 55.8 cm³/mol. The zero-order valence-corrected chi connectivity index (χ0v) is 11.6. The first-order valence-corrected chi connectivity index (χ1v) is 4.39. The third-order valence-electron chi connectivity index (χ3n) is 1.78. The molecular weight excluding hydrogens is 279 g/mol. The van der Waals surface area contributed by atoms with E-state index in [0.717, 1.165) is 5.56 Å². The molecular formula is C11H11N3OY-2. The second-order valence-corrected chi connectivity index (χ2v) is 2.87. The fourth-order valence-electron chi connectivity index (χ4n) is 1.03. The van der Waals surface area contributed by atoms with Crippen LogP contribution in [-0.2, 0) is 44.0 Å². The van der Waals surface area contributed by atoms with Crippen molar-refractivity contribution in [2.75, 3.05) is 0 Å². The summed E-state index contributed by atoms with van der Waals surface area (Å²) in [5, 5.41) is 13.6. The van der Waals surface area contributed by atoms with Gasteiger partial charge in [-0.1, -0.05) is 12.1 Å². The van der Waals surface area contributed by atoms with Crippen molar-refractivity contribution in [3.63, 3.8) is 0 Å². The molecule has 0 atom stereocenters. The molecule has 0 bridgehead atoms. The molecule has 4 nitrogen and oxygen atoms in total. The number of carbonyl (C=O) groups is 1. The Morgan fingerprint density at radius 3 is 2.56 bits per heavy atom. The molecule has 0 saturated carbocycles. The van der Waals surface area contributed by atoms with Crippen LogP contribution >= 0.6 is 0 Å². The zero-order chi connectivity index (χ0) is 11.1. The normalized spacial score (nSPS) is 8.50. The van der Waals surface area contributed by atoms with Crippen molar-refractivity contribution in [3.05, 3.63) is 49.0 Å². The fraction of sp³-hybridized carbons (Fsp3) is 0.0909. The smallest absolute Gasteiger partial charge is 0.0991 e. The van der Waals surface area contributed by atoms with Crippen molar-refractivity contribution < 1.29 is 37.5 Å². The molecule has 0 aromatic heterocycles. The van der Waals surface area contributed by atoms with E-state index in [1.165, 1.54) is 6.54 Å². The molecule has 2 N–H and O–H groups in total. The van der Waals surface area contributed by atoms with E-state index in [4.69, 9.17) is 5.26 Å². The summed E-state index contributed by atoms with van der Waals surface area (Å²) in [6, 6.07) is 9.06. The largest absolute Gasteiger partial charge is 0.600 e. The van der Waals surface area contributed by atoms with Crippen LogP contribution in [0.4, 0.5) is 0 Å². The van der Waals surface area contributed by atoms with E-state index in [0.29, 0.717) is 12.1 Å². The summed E-state index contributed by atoms with van der Waals surface area (Å²) in [6.07, 6.45) is 0. The third-order valence-corrected chi connectivity index (χ3v) is 1.78. The molecule has 1 radical (unpaired) electrons. The Labute approximate surface area is 120 Å². The Kier molecular flexibility index (Phi) is 7.83. The Balaban J connectivity index is 0.00000225. The van der Waals surface area contributed by atoms with Crippen LogP contribution in [0.3, 0.4) is 0 Å². The number of nitrogens with zero attached hydrogens (tertiary/aromatic N) is 1. The molecule has 1 rings (SSSR count). The van der Waals surface area contributed by atoms with Crippen molar-refractivity contribution >= 4 is 5.91 Å². The molecule has 5 heteroatoms. The average molecular weight is 290 g/mol. The van der Waals surface area contributed by atoms with E-state index < -0.39 is 0 Å². The van der Waals surface area contributed by atoms with Crippen LogP contribution in [0.2, 0.25) is 0 Å². The molecule has 0 aliphatic heterocycles. The summed E-state index contributed by atoms with van der Waals surface area (Å²) < 4.78 is 0. The molecule has 0 unspecified atom stereocenters. The molecule has 0 spiro atoms.